The lowest BCUT2D eigenvalue weighted by Gasteiger charge is -2.35. The summed E-state index contributed by atoms with van der Waals surface area (Å²) in [5, 5.41) is 15.2. The summed E-state index contributed by atoms with van der Waals surface area (Å²) in [5.41, 5.74) is 0.493. The predicted molar refractivity (Wildman–Crippen MR) is 150 cm³/mol. The van der Waals surface area contributed by atoms with Crippen molar-refractivity contribution in [2.75, 3.05) is 37.7 Å². The monoisotopic (exact) mass is 604 g/mol. The highest BCUT2D eigenvalue weighted by atomic mass is 32.2. The number of piperazine rings is 1. The molecule has 1 saturated heterocycles. The molecule has 0 unspecified atom stereocenters. The van der Waals surface area contributed by atoms with Crippen LogP contribution in [0.4, 0.5) is 20.2 Å². The number of nitro benzene ring substituents is 1. The van der Waals surface area contributed by atoms with Crippen molar-refractivity contribution in [2.24, 2.45) is 5.41 Å². The molecule has 0 amide bonds. The van der Waals surface area contributed by atoms with Gasteiger partial charge in [0.1, 0.15) is 17.3 Å². The van der Waals surface area contributed by atoms with Crippen LogP contribution in [0.15, 0.2) is 47.4 Å². The Morgan fingerprint density at radius 2 is 1.76 bits per heavy atom. The number of nitrogens with one attached hydrogen (secondary N) is 1. The average molecular weight is 605 g/mol. The van der Waals surface area contributed by atoms with Gasteiger partial charge in [-0.3, -0.25) is 14.9 Å². The van der Waals surface area contributed by atoms with E-state index in [4.69, 9.17) is 4.74 Å². The molecule has 1 aromatic heterocycles. The maximum atomic E-state index is 13.9. The summed E-state index contributed by atoms with van der Waals surface area (Å²) in [4.78, 5) is 25.8. The van der Waals surface area contributed by atoms with Crippen LogP contribution < -0.4 is 19.9 Å². The van der Waals surface area contributed by atoms with Gasteiger partial charge in [-0.1, -0.05) is 13.0 Å². The van der Waals surface area contributed by atoms with E-state index in [0.29, 0.717) is 22.9 Å². The third-order valence-electron chi connectivity index (χ3n) is 7.51. The molecule has 0 spiro atoms. The van der Waals surface area contributed by atoms with E-state index in [0.717, 1.165) is 29.7 Å². The molecule has 1 aliphatic heterocycles. The Balaban J connectivity index is 1.31. The SMILES string of the molecule is Cc1cc(CNS(=O)(=O)N2CCN(c3cnn(-c4cc(F)cc(F)c4)c(=O)c3OCC3(C)CC3)CC2)ccc1[N+](=O)[O-]. The Kier molecular flexibility index (Phi) is 8.00. The van der Waals surface area contributed by atoms with E-state index in [-0.39, 0.29) is 61.9 Å². The smallest absolute Gasteiger partial charge is 0.316 e. The fraction of sp³-hybridized carbons (Fsp3) is 0.407. The highest BCUT2D eigenvalue weighted by Gasteiger charge is 2.39. The summed E-state index contributed by atoms with van der Waals surface area (Å²) in [5.74, 6) is -1.73. The Labute approximate surface area is 240 Å². The number of hydrogen-bond acceptors (Lipinski definition) is 8. The fourth-order valence-corrected chi connectivity index (χ4v) is 5.88. The number of benzene rings is 2. The van der Waals surface area contributed by atoms with Gasteiger partial charge in [0.25, 0.3) is 15.9 Å². The van der Waals surface area contributed by atoms with Gasteiger partial charge in [-0.15, -0.1) is 0 Å². The van der Waals surface area contributed by atoms with Gasteiger partial charge in [0.2, 0.25) is 5.75 Å². The van der Waals surface area contributed by atoms with E-state index < -0.39 is 32.3 Å². The summed E-state index contributed by atoms with van der Waals surface area (Å²) in [6, 6.07) is 7.10. The first-order chi connectivity index (χ1) is 19.8. The van der Waals surface area contributed by atoms with Crippen LogP contribution in [-0.2, 0) is 16.8 Å². The fourth-order valence-electron chi connectivity index (χ4n) is 4.71. The van der Waals surface area contributed by atoms with Crippen LogP contribution in [0.3, 0.4) is 0 Å². The molecule has 0 radical (unpaired) electrons. The maximum Gasteiger partial charge on any atom is 0.316 e. The third kappa shape index (κ3) is 6.42. The van der Waals surface area contributed by atoms with Crippen LogP contribution in [0.2, 0.25) is 0 Å². The van der Waals surface area contributed by atoms with Crippen LogP contribution in [-0.4, -0.2) is 60.2 Å². The zero-order valence-electron chi connectivity index (χ0n) is 23.0. The number of hydrogen-bond donors (Lipinski definition) is 1. The standard InChI is InChI=1S/C27H30F2N6O6S/c1-18-11-19(3-4-23(18)35(37)38)15-31-42(39,40)33-9-7-32(8-10-33)24-16-30-34(22-13-20(28)12-21(29)14-22)26(36)25(24)41-17-27(2)5-6-27/h3-4,11-14,16,31H,5-10,15,17H2,1-2H3. The van der Waals surface area contributed by atoms with Gasteiger partial charge in [-0.05, 0) is 43.5 Å². The highest BCUT2D eigenvalue weighted by Crippen LogP contribution is 2.45. The number of rotatable bonds is 10. The molecule has 42 heavy (non-hydrogen) atoms. The average Bonchev–Trinajstić information content (AvgIpc) is 3.67. The number of halogens is 2. The van der Waals surface area contributed by atoms with Gasteiger partial charge in [0, 0.05) is 55.8 Å². The quantitative estimate of drug-likeness (QED) is 0.275. The Morgan fingerprint density at radius 3 is 2.36 bits per heavy atom. The largest absolute Gasteiger partial charge is 0.486 e. The number of nitro groups is 1. The van der Waals surface area contributed by atoms with Gasteiger partial charge < -0.3 is 9.64 Å². The summed E-state index contributed by atoms with van der Waals surface area (Å²) in [6.45, 7) is 4.51. The molecule has 1 N–H and O–H groups in total. The number of aromatic nitrogens is 2. The van der Waals surface area contributed by atoms with Crippen molar-refractivity contribution in [3.05, 3.63) is 85.8 Å². The normalized spacial score (nSPS) is 16.8. The van der Waals surface area contributed by atoms with Crippen LogP contribution in [0.25, 0.3) is 5.69 Å². The van der Waals surface area contributed by atoms with E-state index in [1.165, 1.54) is 22.6 Å². The number of nitrogens with zero attached hydrogens (tertiary/aromatic N) is 5. The van der Waals surface area contributed by atoms with Crippen molar-refractivity contribution in [1.82, 2.24) is 18.8 Å². The van der Waals surface area contributed by atoms with E-state index in [1.54, 1.807) is 17.9 Å². The molecule has 2 aromatic carbocycles. The molecule has 15 heteroatoms. The zero-order valence-corrected chi connectivity index (χ0v) is 23.9. The minimum Gasteiger partial charge on any atom is -0.486 e. The lowest BCUT2D eigenvalue weighted by Crippen LogP contribution is -2.52. The molecule has 3 aromatic rings. The molecule has 0 bridgehead atoms. The van der Waals surface area contributed by atoms with Gasteiger partial charge in [-0.25, -0.2) is 8.78 Å². The number of anilines is 1. The zero-order chi connectivity index (χ0) is 30.2. The van der Waals surface area contributed by atoms with Gasteiger partial charge in [0.15, 0.2) is 0 Å². The van der Waals surface area contributed by atoms with E-state index in [9.17, 15) is 32.1 Å². The van der Waals surface area contributed by atoms with Crippen molar-refractivity contribution in [3.8, 4) is 11.4 Å². The van der Waals surface area contributed by atoms with Gasteiger partial charge >= 0.3 is 5.56 Å². The Bertz CT molecular complexity index is 1670. The molecule has 0 atom stereocenters. The van der Waals surface area contributed by atoms with E-state index in [2.05, 4.69) is 9.82 Å². The second kappa shape index (κ2) is 11.4. The van der Waals surface area contributed by atoms with Gasteiger partial charge in [-0.2, -0.15) is 27.2 Å². The van der Waals surface area contributed by atoms with Gasteiger partial charge in [0.05, 0.1) is 23.4 Å². The molecule has 5 rings (SSSR count). The van der Waals surface area contributed by atoms with Crippen LogP contribution in [0, 0.1) is 34.1 Å². The third-order valence-corrected chi connectivity index (χ3v) is 9.07. The first-order valence-electron chi connectivity index (χ1n) is 13.3. The second-order valence-corrected chi connectivity index (χ2v) is 12.6. The lowest BCUT2D eigenvalue weighted by atomic mass is 10.1. The second-order valence-electron chi connectivity index (χ2n) is 10.9. The molecular weight excluding hydrogens is 574 g/mol. The summed E-state index contributed by atoms with van der Waals surface area (Å²) in [7, 11) is -3.88. The van der Waals surface area contributed by atoms with Crippen molar-refractivity contribution >= 4 is 21.6 Å². The lowest BCUT2D eigenvalue weighted by molar-refractivity contribution is -0.385. The topological polar surface area (TPSA) is 140 Å². The first kappa shape index (κ1) is 29.5. The van der Waals surface area contributed by atoms with E-state index in [1.807, 2.05) is 6.92 Å². The summed E-state index contributed by atoms with van der Waals surface area (Å²) < 4.78 is 64.4. The van der Waals surface area contributed by atoms with Crippen molar-refractivity contribution < 1.29 is 26.9 Å². The number of aryl methyl sites for hydroxylation is 1. The minimum atomic E-state index is -3.88. The highest BCUT2D eigenvalue weighted by molar-refractivity contribution is 7.87. The molecular formula is C27H30F2N6O6S. The molecule has 2 heterocycles. The Morgan fingerprint density at radius 1 is 1.10 bits per heavy atom. The first-order valence-corrected chi connectivity index (χ1v) is 14.7. The summed E-state index contributed by atoms with van der Waals surface area (Å²) in [6.07, 6.45) is 3.27. The van der Waals surface area contributed by atoms with Crippen LogP contribution in [0.5, 0.6) is 5.75 Å². The predicted octanol–water partition coefficient (Wildman–Crippen LogP) is 3.06. The summed E-state index contributed by atoms with van der Waals surface area (Å²) >= 11 is 0. The maximum absolute atomic E-state index is 13.9. The molecule has 12 nitrogen and oxygen atoms in total. The van der Waals surface area contributed by atoms with Crippen LogP contribution >= 0.6 is 0 Å². The minimum absolute atomic E-state index is 0.0224. The Hall–Kier alpha value is -3.95. The molecule has 1 saturated carbocycles. The van der Waals surface area contributed by atoms with E-state index >= 15 is 0 Å². The van der Waals surface area contributed by atoms with Crippen molar-refractivity contribution in [2.45, 2.75) is 33.2 Å². The molecule has 2 aliphatic rings. The molecule has 2 fully saturated rings. The van der Waals surface area contributed by atoms with Crippen LogP contribution in [0.1, 0.15) is 30.9 Å². The van der Waals surface area contributed by atoms with Crippen molar-refractivity contribution in [3.63, 3.8) is 0 Å². The number of ether oxygens (including phenoxy) is 1. The molecule has 224 valence electrons. The molecule has 1 aliphatic carbocycles. The van der Waals surface area contributed by atoms with Crippen molar-refractivity contribution in [1.29, 1.82) is 0 Å².